The number of aromatic amines is 1. The summed E-state index contributed by atoms with van der Waals surface area (Å²) >= 11 is 0. The van der Waals surface area contributed by atoms with Crippen molar-refractivity contribution in [2.45, 2.75) is 24.9 Å². The van der Waals surface area contributed by atoms with Crippen molar-refractivity contribution in [3.8, 4) is 0 Å². The van der Waals surface area contributed by atoms with E-state index in [1.165, 1.54) is 0 Å². The van der Waals surface area contributed by atoms with E-state index in [4.69, 9.17) is 9.84 Å². The second kappa shape index (κ2) is 4.66. The van der Waals surface area contributed by atoms with E-state index in [1.54, 1.807) is 4.90 Å². The van der Waals surface area contributed by atoms with Gasteiger partial charge in [-0.05, 0) is 12.8 Å². The van der Waals surface area contributed by atoms with Crippen LogP contribution in [0.2, 0.25) is 0 Å². The lowest BCUT2D eigenvalue weighted by molar-refractivity contribution is -0.0450. The molecule has 1 saturated heterocycles. The minimum atomic E-state index is -0.301. The fourth-order valence-corrected chi connectivity index (χ4v) is 2.06. The largest absolute Gasteiger partial charge is 0.394 e. The number of aliphatic hydroxyl groups excluding tert-OH is 1. The van der Waals surface area contributed by atoms with Crippen LogP contribution in [-0.2, 0) is 4.74 Å². The third-order valence-corrected chi connectivity index (χ3v) is 3.29. The number of aromatic nitrogens is 3. The van der Waals surface area contributed by atoms with Gasteiger partial charge < -0.3 is 14.7 Å². The van der Waals surface area contributed by atoms with E-state index in [1.807, 2.05) is 0 Å². The molecule has 2 aliphatic rings. The van der Waals surface area contributed by atoms with E-state index in [0.29, 0.717) is 25.6 Å². The fourth-order valence-electron chi connectivity index (χ4n) is 2.06. The predicted molar refractivity (Wildman–Crippen MR) is 61.1 cm³/mol. The molecule has 2 N–H and O–H groups in total. The van der Waals surface area contributed by atoms with Gasteiger partial charge in [0.15, 0.2) is 0 Å². The molecule has 0 bridgehead atoms. The Labute approximate surface area is 104 Å². The number of nitrogens with zero attached hydrogens (tertiary/aromatic N) is 3. The summed E-state index contributed by atoms with van der Waals surface area (Å²) in [6.45, 7) is 1.27. The summed E-state index contributed by atoms with van der Waals surface area (Å²) in [5.41, 5.74) is 0. The van der Waals surface area contributed by atoms with Gasteiger partial charge >= 0.3 is 0 Å². The van der Waals surface area contributed by atoms with E-state index in [2.05, 4.69) is 15.2 Å². The average Bonchev–Trinajstić information content (AvgIpc) is 3.16. The molecule has 1 saturated carbocycles. The number of hydrogen-bond acceptors (Lipinski definition) is 5. The first-order chi connectivity index (χ1) is 8.78. The maximum atomic E-state index is 12.2. The number of hydrogen-bond donors (Lipinski definition) is 2. The smallest absolute Gasteiger partial charge is 0.293 e. The number of H-pyrrole nitrogens is 1. The minimum absolute atomic E-state index is 0.0783. The molecule has 0 spiro atoms. The van der Waals surface area contributed by atoms with Gasteiger partial charge in [0, 0.05) is 19.0 Å². The Morgan fingerprint density at radius 1 is 1.56 bits per heavy atom. The average molecular weight is 252 g/mol. The highest BCUT2D eigenvalue weighted by Crippen LogP contribution is 2.37. The van der Waals surface area contributed by atoms with Gasteiger partial charge in [-0.3, -0.25) is 9.89 Å². The van der Waals surface area contributed by atoms with Gasteiger partial charge in [-0.2, -0.15) is 0 Å². The van der Waals surface area contributed by atoms with E-state index in [9.17, 15) is 4.79 Å². The Hall–Kier alpha value is -1.47. The van der Waals surface area contributed by atoms with Crippen LogP contribution in [0.1, 0.15) is 35.2 Å². The molecule has 2 heterocycles. The topological polar surface area (TPSA) is 91.3 Å². The van der Waals surface area contributed by atoms with Crippen molar-refractivity contribution >= 4 is 5.91 Å². The third kappa shape index (κ3) is 2.23. The summed E-state index contributed by atoms with van der Waals surface area (Å²) in [6.07, 6.45) is 1.93. The number of morpholine rings is 1. The molecule has 1 aliphatic heterocycles. The van der Waals surface area contributed by atoms with Crippen LogP contribution in [0.25, 0.3) is 0 Å². The van der Waals surface area contributed by atoms with Crippen LogP contribution < -0.4 is 0 Å². The van der Waals surface area contributed by atoms with Gasteiger partial charge in [0.2, 0.25) is 5.82 Å². The SMILES string of the molecule is O=C(c1n[nH]c(C2CC2)n1)N1CCOC(CO)C1. The van der Waals surface area contributed by atoms with Gasteiger partial charge in [0.25, 0.3) is 5.91 Å². The molecule has 1 unspecified atom stereocenters. The summed E-state index contributed by atoms with van der Waals surface area (Å²) in [5, 5.41) is 15.8. The molecule has 1 aromatic heterocycles. The maximum absolute atomic E-state index is 12.2. The molecular weight excluding hydrogens is 236 g/mol. The second-order valence-electron chi connectivity index (χ2n) is 4.75. The monoisotopic (exact) mass is 252 g/mol. The van der Waals surface area contributed by atoms with Gasteiger partial charge in [0.05, 0.1) is 19.3 Å². The Morgan fingerprint density at radius 3 is 3.11 bits per heavy atom. The van der Waals surface area contributed by atoms with Crippen LogP contribution in [0, 0.1) is 0 Å². The van der Waals surface area contributed by atoms with Crippen molar-refractivity contribution in [3.05, 3.63) is 11.6 Å². The van der Waals surface area contributed by atoms with Gasteiger partial charge in [-0.15, -0.1) is 5.10 Å². The van der Waals surface area contributed by atoms with E-state index < -0.39 is 0 Å². The molecule has 98 valence electrons. The normalized spacial score (nSPS) is 24.3. The Bertz CT molecular complexity index is 443. The zero-order valence-corrected chi connectivity index (χ0v) is 10.0. The summed E-state index contributed by atoms with van der Waals surface area (Å²) in [7, 11) is 0. The number of ether oxygens (including phenoxy) is 1. The Balaban J connectivity index is 1.68. The lowest BCUT2D eigenvalue weighted by Gasteiger charge is -2.31. The van der Waals surface area contributed by atoms with E-state index >= 15 is 0 Å². The number of aliphatic hydroxyl groups is 1. The summed E-state index contributed by atoms with van der Waals surface area (Å²) in [4.78, 5) is 18.0. The molecule has 2 fully saturated rings. The maximum Gasteiger partial charge on any atom is 0.293 e. The molecule has 7 nitrogen and oxygen atoms in total. The van der Waals surface area contributed by atoms with Gasteiger partial charge in [0.1, 0.15) is 5.82 Å². The van der Waals surface area contributed by atoms with Crippen molar-refractivity contribution in [1.82, 2.24) is 20.1 Å². The number of carbonyl (C=O) groups is 1. The Morgan fingerprint density at radius 2 is 2.39 bits per heavy atom. The quantitative estimate of drug-likeness (QED) is 0.758. The zero-order chi connectivity index (χ0) is 12.5. The summed E-state index contributed by atoms with van der Waals surface area (Å²) in [6, 6.07) is 0. The van der Waals surface area contributed by atoms with Crippen molar-refractivity contribution < 1.29 is 14.6 Å². The first-order valence-corrected chi connectivity index (χ1v) is 6.22. The van der Waals surface area contributed by atoms with Crippen LogP contribution in [0.15, 0.2) is 0 Å². The lowest BCUT2D eigenvalue weighted by atomic mass is 10.3. The first kappa shape index (κ1) is 11.6. The highest BCUT2D eigenvalue weighted by atomic mass is 16.5. The number of carbonyl (C=O) groups excluding carboxylic acids is 1. The van der Waals surface area contributed by atoms with Crippen molar-refractivity contribution in [1.29, 1.82) is 0 Å². The standard InChI is InChI=1S/C11H16N4O3/c16-6-8-5-15(3-4-18-8)11(17)10-12-9(13-14-10)7-1-2-7/h7-8,16H,1-6H2,(H,12,13,14). The van der Waals surface area contributed by atoms with Crippen LogP contribution >= 0.6 is 0 Å². The highest BCUT2D eigenvalue weighted by Gasteiger charge is 2.30. The second-order valence-corrected chi connectivity index (χ2v) is 4.75. The number of nitrogens with one attached hydrogen (secondary N) is 1. The molecule has 18 heavy (non-hydrogen) atoms. The molecular formula is C11H16N4O3. The fraction of sp³-hybridized carbons (Fsp3) is 0.727. The highest BCUT2D eigenvalue weighted by molar-refractivity contribution is 5.90. The summed E-state index contributed by atoms with van der Waals surface area (Å²) in [5.74, 6) is 1.29. The van der Waals surface area contributed by atoms with Gasteiger partial charge in [-0.1, -0.05) is 0 Å². The minimum Gasteiger partial charge on any atom is -0.394 e. The van der Waals surface area contributed by atoms with Crippen LogP contribution in [0.5, 0.6) is 0 Å². The molecule has 1 aliphatic carbocycles. The molecule has 1 amide bonds. The van der Waals surface area contributed by atoms with Crippen LogP contribution in [0.3, 0.4) is 0 Å². The molecule has 0 radical (unpaired) electrons. The van der Waals surface area contributed by atoms with Crippen molar-refractivity contribution in [3.63, 3.8) is 0 Å². The van der Waals surface area contributed by atoms with Crippen molar-refractivity contribution in [2.24, 2.45) is 0 Å². The van der Waals surface area contributed by atoms with Crippen LogP contribution in [-0.4, -0.2) is 63.5 Å². The van der Waals surface area contributed by atoms with E-state index in [-0.39, 0.29) is 24.4 Å². The molecule has 0 aromatic carbocycles. The first-order valence-electron chi connectivity index (χ1n) is 6.22. The lowest BCUT2D eigenvalue weighted by Crippen LogP contribution is -2.47. The molecule has 3 rings (SSSR count). The third-order valence-electron chi connectivity index (χ3n) is 3.29. The predicted octanol–water partition coefficient (Wildman–Crippen LogP) is -0.485. The van der Waals surface area contributed by atoms with Crippen LogP contribution in [0.4, 0.5) is 0 Å². The van der Waals surface area contributed by atoms with Gasteiger partial charge in [-0.25, -0.2) is 4.98 Å². The van der Waals surface area contributed by atoms with E-state index in [0.717, 1.165) is 18.7 Å². The molecule has 7 heteroatoms. The molecule has 1 aromatic rings. The molecule has 1 atom stereocenters. The zero-order valence-electron chi connectivity index (χ0n) is 10.0. The van der Waals surface area contributed by atoms with Crippen molar-refractivity contribution in [2.75, 3.05) is 26.3 Å². The number of amides is 1. The summed E-state index contributed by atoms with van der Waals surface area (Å²) < 4.78 is 5.30. The number of rotatable bonds is 3. The Kier molecular flexibility index (Phi) is 3.00.